The first-order valence-electron chi connectivity index (χ1n) is 11.7. The number of rotatable bonds is 13. The zero-order chi connectivity index (χ0) is 23.3. The molecule has 0 radical (unpaired) electrons. The van der Waals surface area contributed by atoms with Crippen LogP contribution in [0.1, 0.15) is 64.9 Å². The van der Waals surface area contributed by atoms with Crippen LogP contribution in [0.2, 0.25) is 0 Å². The molecular formula is C27H37FN2O2. The van der Waals surface area contributed by atoms with Crippen molar-refractivity contribution in [3.63, 3.8) is 0 Å². The quantitative estimate of drug-likeness (QED) is 0.211. The van der Waals surface area contributed by atoms with Gasteiger partial charge in [-0.05, 0) is 56.2 Å². The average Bonchev–Trinajstić information content (AvgIpc) is 2.78. The van der Waals surface area contributed by atoms with E-state index < -0.39 is 11.7 Å². The number of hydrogen-bond donors (Lipinski definition) is 1. The molecule has 0 aliphatic rings. The topological polar surface area (TPSA) is 51.2 Å². The van der Waals surface area contributed by atoms with E-state index in [1.807, 2.05) is 44.2 Å². The minimum absolute atomic E-state index is 0.300. The van der Waals surface area contributed by atoms with Crippen LogP contribution in [0.25, 0.3) is 10.9 Å². The van der Waals surface area contributed by atoms with Crippen LogP contribution < -0.4 is 10.1 Å². The second-order valence-electron chi connectivity index (χ2n) is 8.70. The summed E-state index contributed by atoms with van der Waals surface area (Å²) >= 11 is 0. The van der Waals surface area contributed by atoms with Crippen LogP contribution in [0.3, 0.4) is 0 Å². The molecule has 2 aromatic rings. The molecule has 0 atom stereocenters. The highest BCUT2D eigenvalue weighted by atomic mass is 19.1. The number of amides is 1. The summed E-state index contributed by atoms with van der Waals surface area (Å²) in [5.74, 6) is -0.330. The number of allylic oxidation sites excluding steroid dienone is 3. The Morgan fingerprint density at radius 1 is 1.16 bits per heavy atom. The number of aromatic nitrogens is 1. The van der Waals surface area contributed by atoms with E-state index >= 15 is 0 Å². The van der Waals surface area contributed by atoms with Crippen molar-refractivity contribution < 1.29 is 13.9 Å². The highest BCUT2D eigenvalue weighted by Crippen LogP contribution is 2.21. The van der Waals surface area contributed by atoms with Gasteiger partial charge in [-0.15, -0.1) is 0 Å². The molecule has 0 saturated heterocycles. The highest BCUT2D eigenvalue weighted by Gasteiger charge is 2.10. The first kappa shape index (κ1) is 25.6. The lowest BCUT2D eigenvalue weighted by molar-refractivity contribution is -0.119. The van der Waals surface area contributed by atoms with Gasteiger partial charge in [-0.3, -0.25) is 4.79 Å². The van der Waals surface area contributed by atoms with Crippen molar-refractivity contribution in [1.29, 1.82) is 0 Å². The van der Waals surface area contributed by atoms with Crippen molar-refractivity contribution >= 4 is 16.8 Å². The molecule has 4 nitrogen and oxygen atoms in total. The number of para-hydroxylation sites is 1. The lowest BCUT2D eigenvalue weighted by Gasteiger charge is -2.08. The third-order valence-electron chi connectivity index (χ3n) is 5.25. The van der Waals surface area contributed by atoms with Gasteiger partial charge < -0.3 is 10.1 Å². The molecule has 0 saturated carbocycles. The molecule has 0 fully saturated rings. The van der Waals surface area contributed by atoms with Gasteiger partial charge in [0, 0.05) is 18.0 Å². The Bertz CT molecular complexity index is 934. The Balaban J connectivity index is 1.58. The molecule has 0 unspecified atom stereocenters. The third kappa shape index (κ3) is 8.81. The minimum atomic E-state index is -0.696. The second-order valence-corrected chi connectivity index (χ2v) is 8.70. The van der Waals surface area contributed by atoms with E-state index in [1.165, 1.54) is 5.56 Å². The lowest BCUT2D eigenvalue weighted by Crippen LogP contribution is -2.27. The van der Waals surface area contributed by atoms with Crippen LogP contribution in [0.5, 0.6) is 5.88 Å². The van der Waals surface area contributed by atoms with Gasteiger partial charge >= 0.3 is 0 Å². The first-order valence-corrected chi connectivity index (χ1v) is 11.7. The number of hydrogen-bond acceptors (Lipinski definition) is 3. The number of pyridine rings is 1. The van der Waals surface area contributed by atoms with Gasteiger partial charge in [0.1, 0.15) is 0 Å². The Morgan fingerprint density at radius 2 is 1.88 bits per heavy atom. The summed E-state index contributed by atoms with van der Waals surface area (Å²) in [6.45, 7) is 8.82. The van der Waals surface area contributed by atoms with Crippen LogP contribution >= 0.6 is 0 Å². The lowest BCUT2D eigenvalue weighted by atomic mass is 10.1. The van der Waals surface area contributed by atoms with Gasteiger partial charge in [-0.25, -0.2) is 9.37 Å². The maximum absolute atomic E-state index is 14.0. The van der Waals surface area contributed by atoms with Gasteiger partial charge in [0.2, 0.25) is 5.88 Å². The third-order valence-corrected chi connectivity index (χ3v) is 5.25. The Morgan fingerprint density at radius 3 is 2.66 bits per heavy atom. The van der Waals surface area contributed by atoms with Crippen LogP contribution in [0.15, 0.2) is 53.9 Å². The van der Waals surface area contributed by atoms with E-state index in [0.29, 0.717) is 30.5 Å². The van der Waals surface area contributed by atoms with E-state index in [2.05, 4.69) is 23.3 Å². The van der Waals surface area contributed by atoms with Gasteiger partial charge in [0.05, 0.1) is 12.1 Å². The number of aryl methyl sites for hydroxylation is 1. The predicted octanol–water partition coefficient (Wildman–Crippen LogP) is 6.83. The molecule has 174 valence electrons. The SMILES string of the molecule is CC(/C=C/CCCCCCCOc1cc(C)c2ccccc2n1)=C(/F)C(=O)NCC(C)C. The van der Waals surface area contributed by atoms with Crippen molar-refractivity contribution in [3.8, 4) is 5.88 Å². The van der Waals surface area contributed by atoms with E-state index in [-0.39, 0.29) is 0 Å². The standard InChI is InChI=1S/C27H37FN2O2/c1-20(2)19-29-27(31)26(28)21(3)14-10-8-6-5-7-9-13-17-32-25-18-22(4)23-15-11-12-16-24(23)30-25/h10-12,14-16,18,20H,5-9,13,17,19H2,1-4H3,(H,29,31)/b14-10+,26-21-. The van der Waals surface area contributed by atoms with Crippen molar-refractivity contribution in [2.45, 2.75) is 66.2 Å². The molecule has 2 rings (SSSR count). The molecule has 0 bridgehead atoms. The molecule has 32 heavy (non-hydrogen) atoms. The Labute approximate surface area is 192 Å². The summed E-state index contributed by atoms with van der Waals surface area (Å²) in [6, 6.07) is 10.1. The molecule has 0 aliphatic heterocycles. The maximum Gasteiger partial charge on any atom is 0.280 e. The van der Waals surface area contributed by atoms with Crippen molar-refractivity contribution in [2.75, 3.05) is 13.2 Å². The molecule has 1 aromatic carbocycles. The van der Waals surface area contributed by atoms with Crippen LogP contribution in [-0.4, -0.2) is 24.0 Å². The fourth-order valence-electron chi connectivity index (χ4n) is 3.35. The fraction of sp³-hybridized carbons (Fsp3) is 0.481. The number of halogens is 1. The fourth-order valence-corrected chi connectivity index (χ4v) is 3.35. The van der Waals surface area contributed by atoms with Crippen LogP contribution in [-0.2, 0) is 4.79 Å². The molecule has 1 N–H and O–H groups in total. The van der Waals surface area contributed by atoms with Crippen molar-refractivity contribution in [2.24, 2.45) is 5.92 Å². The number of carbonyl (C=O) groups excluding carboxylic acids is 1. The number of benzene rings is 1. The summed E-state index contributed by atoms with van der Waals surface area (Å²) in [6.07, 6.45) is 9.96. The number of unbranched alkanes of at least 4 members (excludes halogenated alkanes) is 5. The molecule has 0 aliphatic carbocycles. The first-order chi connectivity index (χ1) is 15.4. The number of nitrogens with one attached hydrogen (secondary N) is 1. The summed E-state index contributed by atoms with van der Waals surface area (Å²) in [4.78, 5) is 16.3. The summed E-state index contributed by atoms with van der Waals surface area (Å²) in [5, 5.41) is 3.76. The molecule has 0 spiro atoms. The number of ether oxygens (including phenoxy) is 1. The van der Waals surface area contributed by atoms with Gasteiger partial charge in [0.25, 0.3) is 5.91 Å². The zero-order valence-corrected chi connectivity index (χ0v) is 19.9. The van der Waals surface area contributed by atoms with Crippen molar-refractivity contribution in [3.05, 3.63) is 59.4 Å². The summed E-state index contributed by atoms with van der Waals surface area (Å²) in [5.41, 5.74) is 2.53. The Hall–Kier alpha value is -2.69. The van der Waals surface area contributed by atoms with E-state index in [1.54, 1.807) is 13.0 Å². The number of nitrogens with zero attached hydrogens (tertiary/aromatic N) is 1. The number of carbonyl (C=O) groups is 1. The second kappa shape index (κ2) is 13.7. The normalized spacial score (nSPS) is 12.4. The van der Waals surface area contributed by atoms with Gasteiger partial charge in [-0.2, -0.15) is 0 Å². The molecule has 1 amide bonds. The van der Waals surface area contributed by atoms with E-state index in [9.17, 15) is 9.18 Å². The average molecular weight is 441 g/mol. The molecule has 1 heterocycles. The monoisotopic (exact) mass is 440 g/mol. The minimum Gasteiger partial charge on any atom is -0.478 e. The Kier molecular flexibility index (Phi) is 10.9. The predicted molar refractivity (Wildman–Crippen MR) is 130 cm³/mol. The van der Waals surface area contributed by atoms with Crippen LogP contribution in [0.4, 0.5) is 4.39 Å². The maximum atomic E-state index is 14.0. The van der Waals surface area contributed by atoms with Crippen LogP contribution in [0, 0.1) is 12.8 Å². The number of fused-ring (bicyclic) bond motifs is 1. The van der Waals surface area contributed by atoms with Gasteiger partial charge in [-0.1, -0.05) is 63.5 Å². The molecular weight excluding hydrogens is 403 g/mol. The molecule has 1 aromatic heterocycles. The largest absolute Gasteiger partial charge is 0.478 e. The van der Waals surface area contributed by atoms with Crippen molar-refractivity contribution in [1.82, 2.24) is 10.3 Å². The summed E-state index contributed by atoms with van der Waals surface area (Å²) < 4.78 is 19.9. The highest BCUT2D eigenvalue weighted by molar-refractivity contribution is 5.92. The zero-order valence-electron chi connectivity index (χ0n) is 19.9. The van der Waals surface area contributed by atoms with E-state index in [4.69, 9.17) is 4.74 Å². The van der Waals surface area contributed by atoms with E-state index in [0.717, 1.165) is 49.4 Å². The van der Waals surface area contributed by atoms with Gasteiger partial charge in [0.15, 0.2) is 5.83 Å². The smallest absolute Gasteiger partial charge is 0.280 e. The molecule has 5 heteroatoms. The summed E-state index contributed by atoms with van der Waals surface area (Å²) in [7, 11) is 0.